The summed E-state index contributed by atoms with van der Waals surface area (Å²) >= 11 is 0. The van der Waals surface area contributed by atoms with Crippen LogP contribution in [0, 0.1) is 0 Å². The number of carboxylic acid groups (broad SMARTS) is 1. The predicted molar refractivity (Wildman–Crippen MR) is 62.6 cm³/mol. The fraction of sp³-hybridized carbons (Fsp3) is 0.917. The average molecular weight is 229 g/mol. The lowest BCUT2D eigenvalue weighted by Crippen LogP contribution is -2.30. The Morgan fingerprint density at radius 1 is 1.31 bits per heavy atom. The molecule has 1 fully saturated rings. The van der Waals surface area contributed by atoms with Gasteiger partial charge in [0.2, 0.25) is 0 Å². The molecule has 0 bridgehead atoms. The minimum Gasteiger partial charge on any atom is -0.481 e. The van der Waals surface area contributed by atoms with Gasteiger partial charge in [-0.25, -0.2) is 0 Å². The van der Waals surface area contributed by atoms with Crippen LogP contribution in [0.4, 0.5) is 0 Å². The summed E-state index contributed by atoms with van der Waals surface area (Å²) in [6.45, 7) is 2.90. The third-order valence-electron chi connectivity index (χ3n) is 2.98. The summed E-state index contributed by atoms with van der Waals surface area (Å²) in [5.74, 6) is -0.682. The van der Waals surface area contributed by atoms with Gasteiger partial charge < -0.3 is 9.84 Å². The Morgan fingerprint density at radius 3 is 2.62 bits per heavy atom. The first kappa shape index (κ1) is 13.5. The first-order chi connectivity index (χ1) is 7.74. The molecule has 1 rings (SSSR count). The van der Waals surface area contributed by atoms with Gasteiger partial charge in [0.25, 0.3) is 0 Å². The minimum atomic E-state index is -0.682. The standard InChI is InChI=1S/C12H23NO3/c1-16-10-9-13(11-6-7-11)8-4-2-3-5-12(14)15/h11H,2-10H2,1H3,(H,14,15). The fourth-order valence-electron chi connectivity index (χ4n) is 1.89. The second-order valence-electron chi connectivity index (χ2n) is 4.46. The summed E-state index contributed by atoms with van der Waals surface area (Å²) in [7, 11) is 1.73. The van der Waals surface area contributed by atoms with Crippen LogP contribution in [0.1, 0.15) is 38.5 Å². The van der Waals surface area contributed by atoms with Crippen molar-refractivity contribution >= 4 is 5.97 Å². The van der Waals surface area contributed by atoms with Crippen molar-refractivity contribution in [1.82, 2.24) is 4.90 Å². The van der Waals surface area contributed by atoms with E-state index >= 15 is 0 Å². The second kappa shape index (κ2) is 7.63. The summed E-state index contributed by atoms with van der Waals surface area (Å²) in [5, 5.41) is 8.51. The van der Waals surface area contributed by atoms with Crippen LogP contribution >= 0.6 is 0 Å². The molecule has 0 spiro atoms. The van der Waals surface area contributed by atoms with Gasteiger partial charge in [-0.3, -0.25) is 9.69 Å². The fourth-order valence-corrected chi connectivity index (χ4v) is 1.89. The molecule has 0 aliphatic heterocycles. The van der Waals surface area contributed by atoms with E-state index in [1.807, 2.05) is 0 Å². The Labute approximate surface area is 97.6 Å². The van der Waals surface area contributed by atoms with Crippen molar-refractivity contribution < 1.29 is 14.6 Å². The molecular formula is C12H23NO3. The van der Waals surface area contributed by atoms with E-state index in [4.69, 9.17) is 9.84 Å². The summed E-state index contributed by atoms with van der Waals surface area (Å²) in [6.07, 6.45) is 5.87. The van der Waals surface area contributed by atoms with Crippen LogP contribution in [-0.4, -0.2) is 48.8 Å². The van der Waals surface area contributed by atoms with Gasteiger partial charge >= 0.3 is 5.97 Å². The molecule has 0 saturated heterocycles. The Bertz CT molecular complexity index is 204. The van der Waals surface area contributed by atoms with Crippen LogP contribution in [0.3, 0.4) is 0 Å². The minimum absolute atomic E-state index is 0.307. The Kier molecular flexibility index (Phi) is 6.42. The Balaban J connectivity index is 2.01. The maximum Gasteiger partial charge on any atom is 0.303 e. The van der Waals surface area contributed by atoms with Gasteiger partial charge in [0.1, 0.15) is 0 Å². The molecule has 0 aromatic carbocycles. The quantitative estimate of drug-likeness (QED) is 0.580. The topological polar surface area (TPSA) is 49.8 Å². The van der Waals surface area contributed by atoms with Crippen LogP contribution in [0.5, 0.6) is 0 Å². The number of aliphatic carboxylic acids is 1. The van der Waals surface area contributed by atoms with Crippen molar-refractivity contribution in [2.24, 2.45) is 0 Å². The van der Waals surface area contributed by atoms with E-state index in [-0.39, 0.29) is 0 Å². The largest absolute Gasteiger partial charge is 0.481 e. The zero-order valence-electron chi connectivity index (χ0n) is 10.2. The number of nitrogens with zero attached hydrogens (tertiary/aromatic N) is 1. The van der Waals surface area contributed by atoms with Crippen LogP contribution in [0.25, 0.3) is 0 Å². The molecule has 16 heavy (non-hydrogen) atoms. The third-order valence-corrected chi connectivity index (χ3v) is 2.98. The van der Waals surface area contributed by atoms with E-state index in [1.54, 1.807) is 7.11 Å². The highest BCUT2D eigenvalue weighted by atomic mass is 16.5. The molecule has 0 unspecified atom stereocenters. The number of carbonyl (C=O) groups is 1. The lowest BCUT2D eigenvalue weighted by molar-refractivity contribution is -0.137. The molecule has 0 aromatic rings. The molecule has 0 radical (unpaired) electrons. The van der Waals surface area contributed by atoms with Crippen LogP contribution < -0.4 is 0 Å². The highest BCUT2D eigenvalue weighted by Crippen LogP contribution is 2.26. The first-order valence-corrected chi connectivity index (χ1v) is 6.19. The summed E-state index contributed by atoms with van der Waals surface area (Å²) in [4.78, 5) is 12.8. The van der Waals surface area contributed by atoms with Gasteiger partial charge in [0.05, 0.1) is 6.61 Å². The van der Waals surface area contributed by atoms with Gasteiger partial charge in [-0.15, -0.1) is 0 Å². The van der Waals surface area contributed by atoms with Gasteiger partial charge in [0.15, 0.2) is 0 Å². The molecule has 1 aliphatic carbocycles. The zero-order valence-corrected chi connectivity index (χ0v) is 10.2. The smallest absolute Gasteiger partial charge is 0.303 e. The molecular weight excluding hydrogens is 206 g/mol. The van der Waals surface area contributed by atoms with E-state index in [2.05, 4.69) is 4.90 Å². The van der Waals surface area contributed by atoms with Crippen molar-refractivity contribution in [3.8, 4) is 0 Å². The van der Waals surface area contributed by atoms with Crippen molar-refractivity contribution in [1.29, 1.82) is 0 Å². The number of carboxylic acids is 1. The Morgan fingerprint density at radius 2 is 2.06 bits per heavy atom. The first-order valence-electron chi connectivity index (χ1n) is 6.19. The van der Waals surface area contributed by atoms with Crippen LogP contribution in [-0.2, 0) is 9.53 Å². The molecule has 0 atom stereocenters. The van der Waals surface area contributed by atoms with Crippen molar-refractivity contribution in [2.75, 3.05) is 26.8 Å². The van der Waals surface area contributed by atoms with Crippen molar-refractivity contribution in [3.63, 3.8) is 0 Å². The van der Waals surface area contributed by atoms with Crippen LogP contribution in [0.2, 0.25) is 0 Å². The lowest BCUT2D eigenvalue weighted by Gasteiger charge is -2.21. The zero-order chi connectivity index (χ0) is 11.8. The van der Waals surface area contributed by atoms with Crippen molar-refractivity contribution in [3.05, 3.63) is 0 Å². The second-order valence-corrected chi connectivity index (χ2v) is 4.46. The van der Waals surface area contributed by atoms with E-state index in [1.165, 1.54) is 12.8 Å². The third kappa shape index (κ3) is 6.08. The molecule has 0 heterocycles. The molecule has 4 heteroatoms. The molecule has 4 nitrogen and oxygen atoms in total. The molecule has 1 N–H and O–H groups in total. The highest BCUT2D eigenvalue weighted by molar-refractivity contribution is 5.66. The number of unbranched alkanes of at least 4 members (excludes halogenated alkanes) is 2. The molecule has 94 valence electrons. The lowest BCUT2D eigenvalue weighted by atomic mass is 10.2. The number of ether oxygens (including phenoxy) is 1. The van der Waals surface area contributed by atoms with Gasteiger partial charge in [-0.1, -0.05) is 6.42 Å². The summed E-state index contributed by atoms with van der Waals surface area (Å²) in [6, 6.07) is 0.773. The monoisotopic (exact) mass is 229 g/mol. The molecule has 1 saturated carbocycles. The Hall–Kier alpha value is -0.610. The van der Waals surface area contributed by atoms with Gasteiger partial charge in [-0.2, -0.15) is 0 Å². The number of rotatable bonds is 10. The summed E-state index contributed by atoms with van der Waals surface area (Å²) in [5.41, 5.74) is 0. The van der Waals surface area contributed by atoms with Crippen molar-refractivity contribution in [2.45, 2.75) is 44.6 Å². The van der Waals surface area contributed by atoms with Crippen LogP contribution in [0.15, 0.2) is 0 Å². The molecule has 1 aliphatic rings. The van der Waals surface area contributed by atoms with Gasteiger partial charge in [0, 0.05) is 26.1 Å². The van der Waals surface area contributed by atoms with E-state index in [0.29, 0.717) is 6.42 Å². The van der Waals surface area contributed by atoms with E-state index in [0.717, 1.165) is 45.0 Å². The summed E-state index contributed by atoms with van der Waals surface area (Å²) < 4.78 is 5.09. The number of methoxy groups -OCH3 is 1. The maximum atomic E-state index is 10.3. The SMILES string of the molecule is COCCN(CCCCCC(=O)O)C1CC1. The predicted octanol–water partition coefficient (Wildman–Crippen LogP) is 1.74. The van der Waals surface area contributed by atoms with E-state index < -0.39 is 5.97 Å². The molecule has 0 amide bonds. The maximum absolute atomic E-state index is 10.3. The van der Waals surface area contributed by atoms with Gasteiger partial charge in [-0.05, 0) is 32.2 Å². The average Bonchev–Trinajstić information content (AvgIpc) is 3.05. The highest BCUT2D eigenvalue weighted by Gasteiger charge is 2.27. The molecule has 0 aromatic heterocycles. The number of hydrogen-bond acceptors (Lipinski definition) is 3. The normalized spacial score (nSPS) is 15.6. The van der Waals surface area contributed by atoms with E-state index in [9.17, 15) is 4.79 Å². The number of hydrogen-bond donors (Lipinski definition) is 1.